The van der Waals surface area contributed by atoms with E-state index in [0.717, 1.165) is 0 Å². The van der Waals surface area contributed by atoms with E-state index in [1.165, 1.54) is 50.1 Å². The third-order valence-electron chi connectivity index (χ3n) is 4.39. The Morgan fingerprint density at radius 2 is 1.77 bits per heavy atom. The number of carboxylic acid groups (broad SMARTS) is 1. The number of benzene rings is 2. The molecule has 1 aliphatic rings. The zero-order valence-corrected chi connectivity index (χ0v) is 18.7. The molecule has 1 heterocycles. The van der Waals surface area contributed by atoms with Crippen molar-refractivity contribution in [2.75, 3.05) is 28.4 Å². The van der Waals surface area contributed by atoms with E-state index in [4.69, 9.17) is 25.8 Å². The molecule has 0 spiro atoms. The molecule has 0 saturated carbocycles. The Morgan fingerprint density at radius 3 is 2.32 bits per heavy atom. The topological polar surface area (TPSA) is 97.7 Å². The zero-order chi connectivity index (χ0) is 22.7. The third kappa shape index (κ3) is 4.62. The minimum atomic E-state index is -1.15. The molecular weight excluding hydrogens is 444 g/mol. The fourth-order valence-corrected chi connectivity index (χ4v) is 4.03. The fraction of sp³-hybridized carbons (Fsp3) is 0.190. The average molecular weight is 463 g/mol. The summed E-state index contributed by atoms with van der Waals surface area (Å²) in [4.78, 5) is 30.3. The molecule has 2 aromatic rings. The van der Waals surface area contributed by atoms with Crippen molar-refractivity contribution in [2.45, 2.75) is 0 Å². The Balaban J connectivity index is 1.97. The number of methoxy groups -OCH3 is 3. The van der Waals surface area contributed by atoms with E-state index >= 15 is 0 Å². The molecule has 0 atom stereocenters. The molecule has 0 aromatic heterocycles. The second-order valence-electron chi connectivity index (χ2n) is 6.30. The summed E-state index contributed by atoms with van der Waals surface area (Å²) in [6.07, 6.45) is 1.70. The lowest BCUT2D eigenvalue weighted by molar-refractivity contribution is -0.121. The first-order valence-corrected chi connectivity index (χ1v) is 10.1. The maximum Gasteiger partial charge on any atom is 0.337 e. The molecule has 10 heteroatoms. The second kappa shape index (κ2) is 9.32. The van der Waals surface area contributed by atoms with Crippen LogP contribution in [0.5, 0.6) is 17.2 Å². The number of halogens is 1. The number of ether oxygens (including phenoxy) is 3. The van der Waals surface area contributed by atoms with E-state index in [2.05, 4.69) is 4.99 Å². The van der Waals surface area contributed by atoms with Crippen LogP contribution in [0.1, 0.15) is 15.9 Å². The SMILES string of the molecule is COc1cc(/C=C2\SC(=Nc3ccc(Cl)c(C(=O)O)c3)N(C)C2=O)cc(OC)c1OC. The normalized spacial score (nSPS) is 16.2. The number of thioether (sulfide) groups is 1. The molecule has 0 unspecified atom stereocenters. The van der Waals surface area contributed by atoms with Gasteiger partial charge in [0, 0.05) is 7.05 Å². The van der Waals surface area contributed by atoms with E-state index in [9.17, 15) is 14.7 Å². The van der Waals surface area contributed by atoms with Crippen LogP contribution in [0.15, 0.2) is 40.2 Å². The van der Waals surface area contributed by atoms with Gasteiger partial charge in [-0.25, -0.2) is 9.79 Å². The summed E-state index contributed by atoms with van der Waals surface area (Å²) in [6, 6.07) is 7.86. The Bertz CT molecular complexity index is 1090. The van der Waals surface area contributed by atoms with Gasteiger partial charge in [-0.2, -0.15) is 0 Å². The number of hydrogen-bond donors (Lipinski definition) is 1. The van der Waals surface area contributed by atoms with Gasteiger partial charge in [0.15, 0.2) is 16.7 Å². The summed E-state index contributed by atoms with van der Waals surface area (Å²) in [5.41, 5.74) is 0.992. The lowest BCUT2D eigenvalue weighted by Crippen LogP contribution is -2.23. The third-order valence-corrected chi connectivity index (χ3v) is 5.78. The number of hydrogen-bond acceptors (Lipinski definition) is 7. The van der Waals surface area contributed by atoms with Crippen LogP contribution >= 0.6 is 23.4 Å². The Labute approximate surface area is 188 Å². The molecule has 8 nitrogen and oxygen atoms in total. The van der Waals surface area contributed by atoms with Gasteiger partial charge in [0.1, 0.15) is 0 Å². The average Bonchev–Trinajstić information content (AvgIpc) is 3.01. The number of amides is 1. The molecule has 3 rings (SSSR count). The Morgan fingerprint density at radius 1 is 1.13 bits per heavy atom. The lowest BCUT2D eigenvalue weighted by atomic mass is 10.1. The molecule has 0 radical (unpaired) electrons. The van der Waals surface area contributed by atoms with Gasteiger partial charge >= 0.3 is 5.97 Å². The maximum atomic E-state index is 12.7. The number of carbonyl (C=O) groups excluding carboxylic acids is 1. The van der Waals surface area contributed by atoms with Gasteiger partial charge in [0.2, 0.25) is 5.75 Å². The first kappa shape index (κ1) is 22.5. The van der Waals surface area contributed by atoms with E-state index < -0.39 is 5.97 Å². The van der Waals surface area contributed by atoms with Crippen LogP contribution in [0.2, 0.25) is 5.02 Å². The fourth-order valence-electron chi connectivity index (χ4n) is 2.84. The minimum Gasteiger partial charge on any atom is -0.493 e. The van der Waals surface area contributed by atoms with Gasteiger partial charge in [-0.05, 0) is 53.7 Å². The molecule has 1 aliphatic heterocycles. The Kier molecular flexibility index (Phi) is 6.77. The van der Waals surface area contributed by atoms with Crippen LogP contribution in [0, 0.1) is 0 Å². The monoisotopic (exact) mass is 462 g/mol. The van der Waals surface area contributed by atoms with E-state index in [1.807, 2.05) is 0 Å². The number of nitrogens with zero attached hydrogens (tertiary/aromatic N) is 2. The lowest BCUT2D eigenvalue weighted by Gasteiger charge is -2.13. The molecule has 1 N–H and O–H groups in total. The minimum absolute atomic E-state index is 0.0614. The van der Waals surface area contributed by atoms with Crippen LogP contribution in [-0.4, -0.2) is 55.4 Å². The van der Waals surface area contributed by atoms with E-state index in [-0.39, 0.29) is 16.5 Å². The summed E-state index contributed by atoms with van der Waals surface area (Å²) in [5, 5.41) is 9.75. The predicted octanol–water partition coefficient (Wildman–Crippen LogP) is 4.30. The van der Waals surface area contributed by atoms with Gasteiger partial charge in [0.25, 0.3) is 5.91 Å². The van der Waals surface area contributed by atoms with Crippen molar-refractivity contribution in [3.8, 4) is 17.2 Å². The molecule has 1 saturated heterocycles. The molecule has 31 heavy (non-hydrogen) atoms. The van der Waals surface area contributed by atoms with Crippen LogP contribution in [0.4, 0.5) is 5.69 Å². The maximum absolute atomic E-state index is 12.7. The second-order valence-corrected chi connectivity index (χ2v) is 7.71. The highest BCUT2D eigenvalue weighted by Crippen LogP contribution is 2.40. The number of rotatable bonds is 6. The molecule has 0 aliphatic carbocycles. The van der Waals surface area contributed by atoms with Crippen LogP contribution < -0.4 is 14.2 Å². The number of aromatic carboxylic acids is 1. The predicted molar refractivity (Wildman–Crippen MR) is 120 cm³/mol. The van der Waals surface area contributed by atoms with Crippen molar-refractivity contribution in [3.05, 3.63) is 51.4 Å². The van der Waals surface area contributed by atoms with Crippen molar-refractivity contribution >= 4 is 52.2 Å². The van der Waals surface area contributed by atoms with Crippen molar-refractivity contribution in [1.29, 1.82) is 0 Å². The van der Waals surface area contributed by atoms with Crippen molar-refractivity contribution in [2.24, 2.45) is 4.99 Å². The van der Waals surface area contributed by atoms with Gasteiger partial charge < -0.3 is 19.3 Å². The molecule has 162 valence electrons. The number of likely N-dealkylation sites (N-methyl/N-ethyl adjacent to an activating group) is 1. The highest BCUT2D eigenvalue weighted by molar-refractivity contribution is 8.18. The van der Waals surface area contributed by atoms with Crippen molar-refractivity contribution < 1.29 is 28.9 Å². The number of carboxylic acids is 1. The first-order chi connectivity index (χ1) is 14.8. The molecule has 2 aromatic carbocycles. The largest absolute Gasteiger partial charge is 0.493 e. The number of aliphatic imine (C=N–C) groups is 1. The van der Waals surface area contributed by atoms with Crippen molar-refractivity contribution in [3.63, 3.8) is 0 Å². The summed E-state index contributed by atoms with van der Waals surface area (Å²) in [7, 11) is 6.14. The highest BCUT2D eigenvalue weighted by atomic mass is 35.5. The standard InChI is InChI=1S/C21H19ClN2O6S/c1-24-19(25)17(9-11-7-15(28-2)18(30-4)16(8-11)29-3)31-21(24)23-12-5-6-14(22)13(10-12)20(26)27/h5-10H,1-4H3,(H,26,27)/b17-9-,23-21?. The zero-order valence-electron chi connectivity index (χ0n) is 17.1. The smallest absolute Gasteiger partial charge is 0.337 e. The highest BCUT2D eigenvalue weighted by Gasteiger charge is 2.30. The number of amidine groups is 1. The van der Waals surface area contributed by atoms with Crippen molar-refractivity contribution in [1.82, 2.24) is 4.90 Å². The quantitative estimate of drug-likeness (QED) is 0.639. The molecule has 1 amide bonds. The van der Waals surface area contributed by atoms with Crippen LogP contribution in [0.3, 0.4) is 0 Å². The first-order valence-electron chi connectivity index (χ1n) is 8.88. The summed E-state index contributed by atoms with van der Waals surface area (Å²) >= 11 is 7.07. The summed E-state index contributed by atoms with van der Waals surface area (Å²) in [6.45, 7) is 0. The van der Waals surface area contributed by atoms with E-state index in [1.54, 1.807) is 31.3 Å². The Hall–Kier alpha value is -3.17. The summed E-state index contributed by atoms with van der Waals surface area (Å²) < 4.78 is 16.0. The summed E-state index contributed by atoms with van der Waals surface area (Å²) in [5.74, 6) is -0.0140. The van der Waals surface area contributed by atoms with Gasteiger partial charge in [-0.1, -0.05) is 11.6 Å². The number of carbonyl (C=O) groups is 2. The molecule has 0 bridgehead atoms. The molecular formula is C21H19ClN2O6S. The van der Waals surface area contributed by atoms with Crippen LogP contribution in [-0.2, 0) is 4.79 Å². The van der Waals surface area contributed by atoms with Crippen LogP contribution in [0.25, 0.3) is 6.08 Å². The molecule has 1 fully saturated rings. The van der Waals surface area contributed by atoms with E-state index in [0.29, 0.717) is 38.6 Å². The van der Waals surface area contributed by atoms with Gasteiger partial charge in [0.05, 0.1) is 42.5 Å². The van der Waals surface area contributed by atoms with Gasteiger partial charge in [-0.15, -0.1) is 0 Å². The van der Waals surface area contributed by atoms with Gasteiger partial charge in [-0.3, -0.25) is 9.69 Å².